The van der Waals surface area contributed by atoms with Gasteiger partial charge >= 0.3 is 0 Å². The lowest BCUT2D eigenvalue weighted by Crippen LogP contribution is -2.04. The number of pyridine rings is 1. The van der Waals surface area contributed by atoms with E-state index in [4.69, 9.17) is 9.47 Å². The van der Waals surface area contributed by atoms with E-state index in [9.17, 15) is 4.39 Å². The maximum Gasteiger partial charge on any atom is 0.131 e. The van der Waals surface area contributed by atoms with E-state index < -0.39 is 0 Å². The molecule has 0 saturated carbocycles. The Bertz CT molecular complexity index is 626. The van der Waals surface area contributed by atoms with Crippen LogP contribution in [0, 0.1) is 26.6 Å². The molecule has 2 aromatic rings. The van der Waals surface area contributed by atoms with Gasteiger partial charge in [0.05, 0.1) is 12.8 Å². The van der Waals surface area contributed by atoms with E-state index in [1.54, 1.807) is 19.4 Å². The zero-order valence-electron chi connectivity index (χ0n) is 12.2. The maximum absolute atomic E-state index is 13.2. The number of halogens is 1. The summed E-state index contributed by atoms with van der Waals surface area (Å²) in [5, 5.41) is 0. The number of hydrogen-bond donors (Lipinski definition) is 0. The van der Waals surface area contributed by atoms with Crippen LogP contribution in [-0.2, 0) is 6.61 Å². The van der Waals surface area contributed by atoms with Crippen molar-refractivity contribution in [1.82, 2.24) is 4.98 Å². The van der Waals surface area contributed by atoms with Gasteiger partial charge in [0.25, 0.3) is 0 Å². The highest BCUT2D eigenvalue weighted by molar-refractivity contribution is 5.41. The Morgan fingerprint density at radius 3 is 2.60 bits per heavy atom. The number of rotatable bonds is 4. The average molecular weight is 275 g/mol. The van der Waals surface area contributed by atoms with Crippen LogP contribution >= 0.6 is 0 Å². The number of ether oxygens (including phenoxy) is 2. The number of methoxy groups -OCH3 is 1. The molecule has 0 bridgehead atoms. The monoisotopic (exact) mass is 275 g/mol. The van der Waals surface area contributed by atoms with E-state index in [0.717, 1.165) is 28.1 Å². The van der Waals surface area contributed by atoms with Crippen molar-refractivity contribution in [3.8, 4) is 11.5 Å². The predicted octanol–water partition coefficient (Wildman–Crippen LogP) is 3.73. The summed E-state index contributed by atoms with van der Waals surface area (Å²) < 4.78 is 24.2. The molecule has 106 valence electrons. The molecule has 0 amide bonds. The van der Waals surface area contributed by atoms with Crippen LogP contribution in [0.3, 0.4) is 0 Å². The van der Waals surface area contributed by atoms with Gasteiger partial charge in [0.1, 0.15) is 23.9 Å². The topological polar surface area (TPSA) is 31.4 Å². The highest BCUT2D eigenvalue weighted by Gasteiger charge is 2.10. The van der Waals surface area contributed by atoms with E-state index in [1.807, 2.05) is 20.8 Å². The van der Waals surface area contributed by atoms with Gasteiger partial charge in [-0.05, 0) is 32.4 Å². The number of aromatic nitrogens is 1. The van der Waals surface area contributed by atoms with Crippen LogP contribution in [0.25, 0.3) is 0 Å². The SMILES string of the molecule is COc1c(C)cnc(COc2cc(F)ccc2C)c1C. The van der Waals surface area contributed by atoms with Gasteiger partial charge in [0, 0.05) is 23.4 Å². The average Bonchev–Trinajstić information content (AvgIpc) is 2.42. The van der Waals surface area contributed by atoms with Crippen LogP contribution in [0.4, 0.5) is 4.39 Å². The van der Waals surface area contributed by atoms with Crippen molar-refractivity contribution in [2.75, 3.05) is 7.11 Å². The largest absolute Gasteiger partial charge is 0.496 e. The van der Waals surface area contributed by atoms with Gasteiger partial charge in [-0.1, -0.05) is 6.07 Å². The molecule has 0 aliphatic rings. The fraction of sp³-hybridized carbons (Fsp3) is 0.312. The lowest BCUT2D eigenvalue weighted by atomic mass is 10.1. The number of aryl methyl sites for hydroxylation is 2. The van der Waals surface area contributed by atoms with Crippen molar-refractivity contribution >= 4 is 0 Å². The van der Waals surface area contributed by atoms with Crippen molar-refractivity contribution in [2.45, 2.75) is 27.4 Å². The Labute approximate surface area is 118 Å². The Morgan fingerprint density at radius 1 is 1.15 bits per heavy atom. The predicted molar refractivity (Wildman–Crippen MR) is 75.7 cm³/mol. The highest BCUT2D eigenvalue weighted by atomic mass is 19.1. The Kier molecular flexibility index (Phi) is 4.23. The van der Waals surface area contributed by atoms with Gasteiger partial charge in [0.15, 0.2) is 0 Å². The zero-order chi connectivity index (χ0) is 14.7. The summed E-state index contributed by atoms with van der Waals surface area (Å²) in [5.41, 5.74) is 3.61. The molecule has 0 unspecified atom stereocenters. The Balaban J connectivity index is 2.21. The number of benzene rings is 1. The van der Waals surface area contributed by atoms with E-state index in [1.165, 1.54) is 12.1 Å². The van der Waals surface area contributed by atoms with Crippen LogP contribution in [0.15, 0.2) is 24.4 Å². The van der Waals surface area contributed by atoms with Gasteiger partial charge in [-0.3, -0.25) is 4.98 Å². The second kappa shape index (κ2) is 5.90. The minimum Gasteiger partial charge on any atom is -0.496 e. The van der Waals surface area contributed by atoms with E-state index in [2.05, 4.69) is 4.98 Å². The summed E-state index contributed by atoms with van der Waals surface area (Å²) >= 11 is 0. The summed E-state index contributed by atoms with van der Waals surface area (Å²) in [4.78, 5) is 4.35. The van der Waals surface area contributed by atoms with Gasteiger partial charge in [0.2, 0.25) is 0 Å². The molecule has 0 atom stereocenters. The van der Waals surface area contributed by atoms with E-state index >= 15 is 0 Å². The molecule has 1 aromatic heterocycles. The van der Waals surface area contributed by atoms with Crippen LogP contribution in [0.2, 0.25) is 0 Å². The molecule has 0 saturated heterocycles. The second-order valence-electron chi connectivity index (χ2n) is 4.74. The Hall–Kier alpha value is -2.10. The second-order valence-corrected chi connectivity index (χ2v) is 4.74. The lowest BCUT2D eigenvalue weighted by molar-refractivity contribution is 0.295. The smallest absolute Gasteiger partial charge is 0.131 e. The molecule has 1 aromatic carbocycles. The molecule has 0 spiro atoms. The molecule has 1 heterocycles. The third kappa shape index (κ3) is 2.90. The molecule has 2 rings (SSSR count). The maximum atomic E-state index is 13.2. The molecule has 0 fully saturated rings. The summed E-state index contributed by atoms with van der Waals surface area (Å²) in [7, 11) is 1.64. The molecule has 0 N–H and O–H groups in total. The molecule has 0 aliphatic carbocycles. The summed E-state index contributed by atoms with van der Waals surface area (Å²) in [6, 6.07) is 4.50. The molecule has 0 aliphatic heterocycles. The van der Waals surface area contributed by atoms with Crippen LogP contribution < -0.4 is 9.47 Å². The lowest BCUT2D eigenvalue weighted by Gasteiger charge is -2.14. The number of nitrogens with zero attached hydrogens (tertiary/aromatic N) is 1. The summed E-state index contributed by atoms with van der Waals surface area (Å²) in [6.45, 7) is 6.05. The molecule has 20 heavy (non-hydrogen) atoms. The van der Waals surface area contributed by atoms with Crippen molar-refractivity contribution in [3.63, 3.8) is 0 Å². The molecular formula is C16H18FNO2. The first-order valence-corrected chi connectivity index (χ1v) is 6.41. The fourth-order valence-corrected chi connectivity index (χ4v) is 2.09. The Morgan fingerprint density at radius 2 is 1.90 bits per heavy atom. The highest BCUT2D eigenvalue weighted by Crippen LogP contribution is 2.26. The van der Waals surface area contributed by atoms with Gasteiger partial charge in [-0.15, -0.1) is 0 Å². The number of hydrogen-bond acceptors (Lipinski definition) is 3. The third-order valence-corrected chi connectivity index (χ3v) is 3.26. The first-order chi connectivity index (χ1) is 9.52. The quantitative estimate of drug-likeness (QED) is 0.852. The van der Waals surface area contributed by atoms with Crippen molar-refractivity contribution < 1.29 is 13.9 Å². The van der Waals surface area contributed by atoms with E-state index in [-0.39, 0.29) is 12.4 Å². The van der Waals surface area contributed by atoms with Crippen LogP contribution in [0.1, 0.15) is 22.4 Å². The van der Waals surface area contributed by atoms with Crippen LogP contribution in [0.5, 0.6) is 11.5 Å². The standard InChI is InChI=1S/C16H18FNO2/c1-10-5-6-13(17)7-15(10)20-9-14-12(3)16(19-4)11(2)8-18-14/h5-8H,9H2,1-4H3. The van der Waals surface area contributed by atoms with E-state index in [0.29, 0.717) is 5.75 Å². The minimum atomic E-state index is -0.309. The van der Waals surface area contributed by atoms with Crippen molar-refractivity contribution in [1.29, 1.82) is 0 Å². The molecule has 3 nitrogen and oxygen atoms in total. The molecule has 4 heteroatoms. The molecular weight excluding hydrogens is 257 g/mol. The van der Waals surface area contributed by atoms with Gasteiger partial charge in [-0.2, -0.15) is 0 Å². The van der Waals surface area contributed by atoms with Gasteiger partial charge < -0.3 is 9.47 Å². The molecule has 0 radical (unpaired) electrons. The normalized spacial score (nSPS) is 10.4. The first-order valence-electron chi connectivity index (χ1n) is 6.41. The minimum absolute atomic E-state index is 0.284. The van der Waals surface area contributed by atoms with Crippen molar-refractivity contribution in [3.05, 3.63) is 52.6 Å². The summed E-state index contributed by atoms with van der Waals surface area (Å²) in [5.74, 6) is 1.04. The van der Waals surface area contributed by atoms with Gasteiger partial charge in [-0.25, -0.2) is 4.39 Å². The third-order valence-electron chi connectivity index (χ3n) is 3.26. The fourth-order valence-electron chi connectivity index (χ4n) is 2.09. The van der Waals surface area contributed by atoms with Crippen LogP contribution in [-0.4, -0.2) is 12.1 Å². The zero-order valence-corrected chi connectivity index (χ0v) is 12.2. The van der Waals surface area contributed by atoms with Crippen molar-refractivity contribution in [2.24, 2.45) is 0 Å². The summed E-state index contributed by atoms with van der Waals surface area (Å²) in [6.07, 6.45) is 1.75. The first kappa shape index (κ1) is 14.3.